The number of carbonyl (C=O) groups excluding carboxylic acids is 1. The number of nitrogens with one attached hydrogen (secondary N) is 1. The second-order valence-corrected chi connectivity index (χ2v) is 7.39. The lowest BCUT2D eigenvalue weighted by atomic mass is 10.2. The van der Waals surface area contributed by atoms with Gasteiger partial charge in [-0.15, -0.1) is 11.8 Å². The third-order valence-corrected chi connectivity index (χ3v) is 5.41. The maximum Gasteiger partial charge on any atom is 0.230 e. The fourth-order valence-electron chi connectivity index (χ4n) is 2.79. The third kappa shape index (κ3) is 4.05. The van der Waals surface area contributed by atoms with Crippen LogP contribution >= 0.6 is 11.8 Å². The van der Waals surface area contributed by atoms with Gasteiger partial charge in [-0.1, -0.05) is 29.8 Å². The van der Waals surface area contributed by atoms with E-state index in [9.17, 15) is 4.79 Å². The highest BCUT2D eigenvalue weighted by Crippen LogP contribution is 2.31. The molecule has 0 aliphatic heterocycles. The van der Waals surface area contributed by atoms with Gasteiger partial charge in [0.1, 0.15) is 5.76 Å². The zero-order valence-corrected chi connectivity index (χ0v) is 16.3. The van der Waals surface area contributed by atoms with Crippen molar-refractivity contribution in [3.63, 3.8) is 0 Å². The van der Waals surface area contributed by atoms with E-state index in [1.165, 1.54) is 11.1 Å². The smallest absolute Gasteiger partial charge is 0.230 e. The summed E-state index contributed by atoms with van der Waals surface area (Å²) >= 11 is 1.55. The molecule has 1 unspecified atom stereocenters. The van der Waals surface area contributed by atoms with Crippen LogP contribution in [0.25, 0.3) is 11.0 Å². The molecule has 2 aromatic carbocycles. The summed E-state index contributed by atoms with van der Waals surface area (Å²) in [4.78, 5) is 13.5. The van der Waals surface area contributed by atoms with Crippen LogP contribution in [0.15, 0.2) is 51.8 Å². The van der Waals surface area contributed by atoms with Crippen molar-refractivity contribution in [3.8, 4) is 5.75 Å². The number of rotatable bonds is 6. The van der Waals surface area contributed by atoms with Gasteiger partial charge in [0, 0.05) is 10.3 Å². The number of methoxy groups -OCH3 is 1. The van der Waals surface area contributed by atoms with Crippen LogP contribution in [0.4, 0.5) is 0 Å². The molecule has 1 N–H and O–H groups in total. The summed E-state index contributed by atoms with van der Waals surface area (Å²) in [6.45, 7) is 6.04. The molecule has 26 heavy (non-hydrogen) atoms. The number of aryl methyl sites for hydroxylation is 2. The van der Waals surface area contributed by atoms with Crippen LogP contribution in [-0.4, -0.2) is 18.8 Å². The van der Waals surface area contributed by atoms with Gasteiger partial charge in [-0.05, 0) is 44.5 Å². The van der Waals surface area contributed by atoms with E-state index in [1.54, 1.807) is 18.9 Å². The summed E-state index contributed by atoms with van der Waals surface area (Å²) < 4.78 is 11.2. The minimum absolute atomic E-state index is 0.0178. The molecule has 0 bridgehead atoms. The number of hydrogen-bond acceptors (Lipinski definition) is 4. The first-order valence-electron chi connectivity index (χ1n) is 8.54. The Kier molecular flexibility index (Phi) is 5.57. The third-order valence-electron chi connectivity index (χ3n) is 4.25. The number of hydrogen-bond donors (Lipinski definition) is 1. The number of furan rings is 1. The first-order valence-corrected chi connectivity index (χ1v) is 9.52. The fraction of sp³-hybridized carbons (Fsp3) is 0.286. The van der Waals surface area contributed by atoms with Gasteiger partial charge in [0.15, 0.2) is 11.3 Å². The van der Waals surface area contributed by atoms with Crippen LogP contribution in [-0.2, 0) is 4.79 Å². The van der Waals surface area contributed by atoms with Crippen molar-refractivity contribution in [3.05, 3.63) is 59.4 Å². The van der Waals surface area contributed by atoms with Crippen molar-refractivity contribution >= 4 is 28.6 Å². The number of carbonyl (C=O) groups is 1. The number of thioether (sulfide) groups is 1. The summed E-state index contributed by atoms with van der Waals surface area (Å²) in [6, 6.07) is 13.8. The molecular formula is C21H23NO3S. The lowest BCUT2D eigenvalue weighted by Crippen LogP contribution is -2.27. The maximum absolute atomic E-state index is 12.3. The quantitative estimate of drug-likeness (QED) is 0.619. The molecule has 0 aliphatic carbocycles. The van der Waals surface area contributed by atoms with E-state index >= 15 is 0 Å². The van der Waals surface area contributed by atoms with E-state index in [-0.39, 0.29) is 11.9 Å². The van der Waals surface area contributed by atoms with Crippen LogP contribution in [0.3, 0.4) is 0 Å². The molecule has 0 spiro atoms. The molecule has 1 amide bonds. The van der Waals surface area contributed by atoms with E-state index in [1.807, 2.05) is 31.2 Å². The summed E-state index contributed by atoms with van der Waals surface area (Å²) in [5, 5.41) is 3.97. The van der Waals surface area contributed by atoms with E-state index in [0.717, 1.165) is 16.0 Å². The average molecular weight is 369 g/mol. The molecule has 1 atom stereocenters. The predicted octanol–water partition coefficient (Wildman–Crippen LogP) is 5.03. The first-order chi connectivity index (χ1) is 12.5. The Bertz CT molecular complexity index is 932. The fourth-order valence-corrected chi connectivity index (χ4v) is 3.73. The topological polar surface area (TPSA) is 51.5 Å². The van der Waals surface area contributed by atoms with E-state index in [4.69, 9.17) is 9.15 Å². The number of amides is 1. The normalized spacial score (nSPS) is 12.2. The Morgan fingerprint density at radius 1 is 1.23 bits per heavy atom. The monoisotopic (exact) mass is 369 g/mol. The van der Waals surface area contributed by atoms with Gasteiger partial charge in [0.05, 0.1) is 18.9 Å². The molecule has 136 valence electrons. The molecule has 0 saturated heterocycles. The Hall–Kier alpha value is -2.40. The lowest BCUT2D eigenvalue weighted by Gasteiger charge is -2.12. The van der Waals surface area contributed by atoms with Gasteiger partial charge in [-0.2, -0.15) is 0 Å². The number of para-hydroxylation sites is 1. The Morgan fingerprint density at radius 2 is 2.04 bits per heavy atom. The highest BCUT2D eigenvalue weighted by molar-refractivity contribution is 8.00. The van der Waals surface area contributed by atoms with E-state index in [2.05, 4.69) is 37.4 Å². The standard InChI is InChI=1S/C21H23NO3S/c1-13-8-9-14(2)19(10-13)26-12-20(23)22-15(3)18-11-16-6-5-7-17(24-4)21(16)25-18/h5-11,15H,12H2,1-4H3,(H,22,23). The molecule has 0 fully saturated rings. The maximum atomic E-state index is 12.3. The van der Waals surface area contributed by atoms with Gasteiger partial charge in [0.2, 0.25) is 5.91 Å². The minimum Gasteiger partial charge on any atom is -0.493 e. The molecule has 5 heteroatoms. The number of benzene rings is 2. The largest absolute Gasteiger partial charge is 0.493 e. The van der Waals surface area contributed by atoms with Crippen LogP contribution in [0.2, 0.25) is 0 Å². The van der Waals surface area contributed by atoms with Crippen molar-refractivity contribution < 1.29 is 13.9 Å². The van der Waals surface area contributed by atoms with Crippen LogP contribution < -0.4 is 10.1 Å². The molecule has 1 aromatic heterocycles. The zero-order chi connectivity index (χ0) is 18.7. The van der Waals surface area contributed by atoms with Gasteiger partial charge < -0.3 is 14.5 Å². The Labute approximate surface area is 157 Å². The predicted molar refractivity (Wildman–Crippen MR) is 106 cm³/mol. The Balaban J connectivity index is 1.65. The molecule has 0 radical (unpaired) electrons. The van der Waals surface area contributed by atoms with Crippen molar-refractivity contribution in [1.29, 1.82) is 0 Å². The summed E-state index contributed by atoms with van der Waals surface area (Å²) in [7, 11) is 1.62. The van der Waals surface area contributed by atoms with Gasteiger partial charge in [-0.25, -0.2) is 0 Å². The van der Waals surface area contributed by atoms with Crippen LogP contribution in [0.5, 0.6) is 5.75 Å². The lowest BCUT2D eigenvalue weighted by molar-refractivity contribution is -0.119. The number of ether oxygens (including phenoxy) is 1. The minimum atomic E-state index is -0.209. The Morgan fingerprint density at radius 3 is 2.81 bits per heavy atom. The SMILES string of the molecule is COc1cccc2cc(C(C)NC(=O)CSc3cc(C)ccc3C)oc12. The van der Waals surface area contributed by atoms with Crippen molar-refractivity contribution in [2.75, 3.05) is 12.9 Å². The second-order valence-electron chi connectivity index (χ2n) is 6.37. The summed E-state index contributed by atoms with van der Waals surface area (Å²) in [5.41, 5.74) is 3.09. The van der Waals surface area contributed by atoms with Gasteiger partial charge in [-0.3, -0.25) is 4.79 Å². The highest BCUT2D eigenvalue weighted by atomic mass is 32.2. The number of fused-ring (bicyclic) bond motifs is 1. The molecule has 0 aliphatic rings. The molecular weight excluding hydrogens is 346 g/mol. The molecule has 3 aromatic rings. The summed E-state index contributed by atoms with van der Waals surface area (Å²) in [5.74, 6) is 1.77. The van der Waals surface area contributed by atoms with Gasteiger partial charge in [0.25, 0.3) is 0 Å². The molecule has 3 rings (SSSR count). The molecule has 0 saturated carbocycles. The summed E-state index contributed by atoms with van der Waals surface area (Å²) in [6.07, 6.45) is 0. The van der Waals surface area contributed by atoms with Crippen LogP contribution in [0.1, 0.15) is 29.9 Å². The van der Waals surface area contributed by atoms with Crippen molar-refractivity contribution in [2.24, 2.45) is 0 Å². The van der Waals surface area contributed by atoms with Gasteiger partial charge >= 0.3 is 0 Å². The van der Waals surface area contributed by atoms with Crippen LogP contribution in [0, 0.1) is 13.8 Å². The second kappa shape index (κ2) is 7.87. The van der Waals surface area contributed by atoms with Crippen molar-refractivity contribution in [2.45, 2.75) is 31.7 Å². The zero-order valence-electron chi connectivity index (χ0n) is 15.5. The van der Waals surface area contributed by atoms with E-state index in [0.29, 0.717) is 17.1 Å². The first kappa shape index (κ1) is 18.4. The molecule has 4 nitrogen and oxygen atoms in total. The molecule has 1 heterocycles. The van der Waals surface area contributed by atoms with Crippen molar-refractivity contribution in [1.82, 2.24) is 5.32 Å². The van der Waals surface area contributed by atoms with E-state index < -0.39 is 0 Å². The highest BCUT2D eigenvalue weighted by Gasteiger charge is 2.16. The average Bonchev–Trinajstić information content (AvgIpc) is 3.07.